The number of alkyl halides is 3. The Morgan fingerprint density at radius 1 is 1.00 bits per heavy atom. The maximum absolute atomic E-state index is 14.6. The second kappa shape index (κ2) is 9.81. The lowest BCUT2D eigenvalue weighted by Gasteiger charge is -2.42. The lowest BCUT2D eigenvalue weighted by atomic mass is 9.70. The Kier molecular flexibility index (Phi) is 8.08. The van der Waals surface area contributed by atoms with Gasteiger partial charge in [-0.3, -0.25) is 0 Å². The number of unbranched alkanes of at least 4 members (excludes halogenated alkanes) is 1. The van der Waals surface area contributed by atoms with Gasteiger partial charge in [0.2, 0.25) is 0 Å². The van der Waals surface area contributed by atoms with Gasteiger partial charge in [-0.1, -0.05) is 19.4 Å². The van der Waals surface area contributed by atoms with Crippen molar-refractivity contribution >= 4 is 0 Å². The van der Waals surface area contributed by atoms with Gasteiger partial charge in [0, 0.05) is 13.0 Å². The van der Waals surface area contributed by atoms with Gasteiger partial charge >= 0.3 is 0 Å². The molecule has 5 heteroatoms. The summed E-state index contributed by atoms with van der Waals surface area (Å²) in [7, 11) is 0. The van der Waals surface area contributed by atoms with E-state index in [9.17, 15) is 13.2 Å². The van der Waals surface area contributed by atoms with Crippen LogP contribution in [0, 0.1) is 11.8 Å². The molecular weight excluding hydrogens is 317 g/mol. The Hall–Kier alpha value is -0.550. The van der Waals surface area contributed by atoms with E-state index in [0.717, 1.165) is 12.8 Å². The Morgan fingerprint density at radius 2 is 1.75 bits per heavy atom. The first kappa shape index (κ1) is 19.8. The van der Waals surface area contributed by atoms with Crippen molar-refractivity contribution in [3.8, 4) is 0 Å². The molecule has 2 rings (SSSR count). The molecule has 0 amide bonds. The van der Waals surface area contributed by atoms with Gasteiger partial charge in [0.15, 0.2) is 6.17 Å². The number of ether oxygens (including phenoxy) is 2. The fraction of sp³-hybridized carbons (Fsp3) is 0.895. The molecule has 0 aliphatic heterocycles. The summed E-state index contributed by atoms with van der Waals surface area (Å²) < 4.78 is 54.5. The van der Waals surface area contributed by atoms with Crippen LogP contribution in [-0.4, -0.2) is 43.9 Å². The van der Waals surface area contributed by atoms with Crippen LogP contribution in [0.3, 0.4) is 0 Å². The summed E-state index contributed by atoms with van der Waals surface area (Å²) in [5.74, 6) is -0.945. The SMILES string of the molecule is C=CCOC1CCC(C2CCC(OCCCC)C(F)C2F)C(F)C1. The molecule has 2 nitrogen and oxygen atoms in total. The zero-order valence-corrected chi connectivity index (χ0v) is 14.6. The Bertz CT molecular complexity index is 380. The van der Waals surface area contributed by atoms with Gasteiger partial charge in [0.1, 0.15) is 12.3 Å². The molecule has 0 bridgehead atoms. The van der Waals surface area contributed by atoms with Gasteiger partial charge < -0.3 is 9.47 Å². The molecule has 0 aromatic carbocycles. The average molecular weight is 348 g/mol. The maximum atomic E-state index is 14.6. The standard InChI is InChI=1S/C19H31F3O2/c1-3-5-11-24-17-9-8-15(18(21)19(17)22)14-7-6-13(12-16(14)20)23-10-4-2/h4,13-19H,2-3,5-12H2,1H3. The van der Waals surface area contributed by atoms with Crippen LogP contribution in [0.4, 0.5) is 13.2 Å². The summed E-state index contributed by atoms with van der Waals surface area (Å²) >= 11 is 0. The summed E-state index contributed by atoms with van der Waals surface area (Å²) in [6.45, 7) is 6.48. The number of hydrogen-bond donors (Lipinski definition) is 0. The third kappa shape index (κ3) is 4.98. The van der Waals surface area contributed by atoms with Crippen LogP contribution >= 0.6 is 0 Å². The third-order valence-electron chi connectivity index (χ3n) is 5.46. The van der Waals surface area contributed by atoms with Gasteiger partial charge in [0.05, 0.1) is 18.8 Å². The number of halogens is 3. The second-order valence-electron chi connectivity index (χ2n) is 7.13. The van der Waals surface area contributed by atoms with Crippen molar-refractivity contribution in [3.63, 3.8) is 0 Å². The van der Waals surface area contributed by atoms with E-state index in [2.05, 4.69) is 6.58 Å². The van der Waals surface area contributed by atoms with Crippen molar-refractivity contribution < 1.29 is 22.6 Å². The van der Waals surface area contributed by atoms with E-state index in [1.807, 2.05) is 6.92 Å². The third-order valence-corrected chi connectivity index (χ3v) is 5.46. The quantitative estimate of drug-likeness (QED) is 0.455. The van der Waals surface area contributed by atoms with E-state index < -0.39 is 36.5 Å². The Morgan fingerprint density at radius 3 is 2.42 bits per heavy atom. The van der Waals surface area contributed by atoms with Gasteiger partial charge in [0.25, 0.3) is 0 Å². The lowest BCUT2D eigenvalue weighted by Crippen LogP contribution is -2.48. The van der Waals surface area contributed by atoms with Crippen molar-refractivity contribution in [1.82, 2.24) is 0 Å². The molecule has 2 aliphatic rings. The molecule has 2 saturated carbocycles. The zero-order chi connectivity index (χ0) is 17.5. The smallest absolute Gasteiger partial charge is 0.157 e. The van der Waals surface area contributed by atoms with Crippen LogP contribution in [0.15, 0.2) is 12.7 Å². The molecule has 7 atom stereocenters. The first-order chi connectivity index (χ1) is 11.6. The van der Waals surface area contributed by atoms with Crippen LogP contribution in [-0.2, 0) is 9.47 Å². The van der Waals surface area contributed by atoms with Crippen molar-refractivity contribution in [2.75, 3.05) is 13.2 Å². The fourth-order valence-electron chi connectivity index (χ4n) is 4.06. The van der Waals surface area contributed by atoms with Crippen LogP contribution in [0.1, 0.15) is 51.9 Å². The molecule has 0 aromatic rings. The van der Waals surface area contributed by atoms with Gasteiger partial charge in [-0.05, 0) is 43.9 Å². The highest BCUT2D eigenvalue weighted by atomic mass is 19.2. The highest BCUT2D eigenvalue weighted by Crippen LogP contribution is 2.43. The molecule has 0 saturated heterocycles. The Balaban J connectivity index is 1.85. The largest absolute Gasteiger partial charge is 0.375 e. The first-order valence-electron chi connectivity index (χ1n) is 9.34. The Labute approximate surface area is 143 Å². The fourth-order valence-corrected chi connectivity index (χ4v) is 4.06. The summed E-state index contributed by atoms with van der Waals surface area (Å²) in [4.78, 5) is 0. The summed E-state index contributed by atoms with van der Waals surface area (Å²) in [6, 6.07) is 0. The van der Waals surface area contributed by atoms with E-state index in [1.165, 1.54) is 0 Å². The van der Waals surface area contributed by atoms with Crippen molar-refractivity contribution in [3.05, 3.63) is 12.7 Å². The molecule has 0 heterocycles. The molecule has 7 unspecified atom stereocenters. The summed E-state index contributed by atoms with van der Waals surface area (Å²) in [5, 5.41) is 0. The second-order valence-corrected chi connectivity index (χ2v) is 7.13. The molecule has 0 N–H and O–H groups in total. The van der Waals surface area contributed by atoms with Crippen molar-refractivity contribution in [1.29, 1.82) is 0 Å². The van der Waals surface area contributed by atoms with Crippen LogP contribution in [0.2, 0.25) is 0 Å². The van der Waals surface area contributed by atoms with E-state index in [-0.39, 0.29) is 12.5 Å². The van der Waals surface area contributed by atoms with Crippen molar-refractivity contribution in [2.24, 2.45) is 11.8 Å². The van der Waals surface area contributed by atoms with Crippen LogP contribution in [0.5, 0.6) is 0 Å². The number of hydrogen-bond acceptors (Lipinski definition) is 2. The van der Waals surface area contributed by atoms with E-state index in [0.29, 0.717) is 38.9 Å². The molecule has 24 heavy (non-hydrogen) atoms. The van der Waals surface area contributed by atoms with Crippen LogP contribution < -0.4 is 0 Å². The average Bonchev–Trinajstić information content (AvgIpc) is 2.58. The summed E-state index contributed by atoms with van der Waals surface area (Å²) in [5.41, 5.74) is 0. The van der Waals surface area contributed by atoms with Gasteiger partial charge in [-0.25, -0.2) is 13.2 Å². The molecule has 0 radical (unpaired) electrons. The van der Waals surface area contributed by atoms with Crippen LogP contribution in [0.25, 0.3) is 0 Å². The molecule has 0 aromatic heterocycles. The number of rotatable bonds is 8. The zero-order valence-electron chi connectivity index (χ0n) is 14.6. The predicted molar refractivity (Wildman–Crippen MR) is 89.3 cm³/mol. The minimum atomic E-state index is -1.64. The van der Waals surface area contributed by atoms with Gasteiger partial charge in [-0.15, -0.1) is 6.58 Å². The molecule has 2 fully saturated rings. The van der Waals surface area contributed by atoms with E-state index in [1.54, 1.807) is 6.08 Å². The maximum Gasteiger partial charge on any atom is 0.157 e. The summed E-state index contributed by atoms with van der Waals surface area (Å²) in [6.07, 6.45) is 0.782. The van der Waals surface area contributed by atoms with Crippen molar-refractivity contribution in [2.45, 2.75) is 82.6 Å². The highest BCUT2D eigenvalue weighted by Gasteiger charge is 2.47. The minimum absolute atomic E-state index is 0.137. The molecular formula is C19H31F3O2. The monoisotopic (exact) mass is 348 g/mol. The van der Waals surface area contributed by atoms with E-state index >= 15 is 0 Å². The molecule has 140 valence electrons. The first-order valence-corrected chi connectivity index (χ1v) is 9.34. The predicted octanol–water partition coefficient (Wildman–Crippen LogP) is 4.97. The minimum Gasteiger partial charge on any atom is -0.375 e. The normalized spacial score (nSPS) is 40.4. The van der Waals surface area contributed by atoms with E-state index in [4.69, 9.17) is 9.47 Å². The van der Waals surface area contributed by atoms with Gasteiger partial charge in [-0.2, -0.15) is 0 Å². The molecule has 2 aliphatic carbocycles. The lowest BCUT2D eigenvalue weighted by molar-refractivity contribution is -0.101. The molecule has 0 spiro atoms. The topological polar surface area (TPSA) is 18.5 Å². The highest BCUT2D eigenvalue weighted by molar-refractivity contribution is 4.96.